The number of carbonyl (C=O) groups excluding carboxylic acids is 1. The summed E-state index contributed by atoms with van der Waals surface area (Å²) in [5.74, 6) is 1.35. The van der Waals surface area contributed by atoms with Gasteiger partial charge in [-0.25, -0.2) is 0 Å². The van der Waals surface area contributed by atoms with Gasteiger partial charge in [0.25, 0.3) is 0 Å². The second-order valence-electron chi connectivity index (χ2n) is 6.60. The number of carbonyl (C=O) groups is 1. The maximum Gasteiger partial charge on any atom is 0.234 e. The number of amides is 1. The summed E-state index contributed by atoms with van der Waals surface area (Å²) in [5, 5.41) is 7.20. The van der Waals surface area contributed by atoms with Crippen LogP contribution in [-0.2, 0) is 4.79 Å². The summed E-state index contributed by atoms with van der Waals surface area (Å²) in [6, 6.07) is 8.18. The third kappa shape index (κ3) is 4.72. The largest absolute Gasteiger partial charge is 0.352 e. The summed E-state index contributed by atoms with van der Waals surface area (Å²) in [4.78, 5) is 12.2. The molecule has 122 valence electrons. The van der Waals surface area contributed by atoms with Crippen LogP contribution >= 0.6 is 11.6 Å². The van der Waals surface area contributed by atoms with Crippen molar-refractivity contribution in [3.63, 3.8) is 0 Å². The Hall–Kier alpha value is -1.06. The Morgan fingerprint density at radius 3 is 2.64 bits per heavy atom. The van der Waals surface area contributed by atoms with Gasteiger partial charge in [0.05, 0.1) is 6.54 Å². The van der Waals surface area contributed by atoms with Crippen molar-refractivity contribution < 1.29 is 4.79 Å². The van der Waals surface area contributed by atoms with Crippen LogP contribution in [0.15, 0.2) is 24.3 Å². The van der Waals surface area contributed by atoms with Crippen molar-refractivity contribution in [3.8, 4) is 0 Å². The summed E-state index contributed by atoms with van der Waals surface area (Å²) in [5.41, 5.74) is 1.14. The van der Waals surface area contributed by atoms with Crippen LogP contribution in [0.5, 0.6) is 0 Å². The van der Waals surface area contributed by atoms with E-state index < -0.39 is 0 Å². The highest BCUT2D eigenvalue weighted by Gasteiger charge is 2.27. The van der Waals surface area contributed by atoms with Crippen LogP contribution in [0, 0.1) is 11.8 Å². The average molecular weight is 323 g/mol. The lowest BCUT2D eigenvalue weighted by atomic mass is 9.78. The van der Waals surface area contributed by atoms with E-state index in [2.05, 4.69) is 31.4 Å². The number of benzene rings is 1. The highest BCUT2D eigenvalue weighted by Crippen LogP contribution is 2.29. The number of nitrogens with one attached hydrogen (secondary N) is 2. The third-order valence-electron chi connectivity index (χ3n) is 4.99. The molecule has 1 fully saturated rings. The standard InChI is InChI=1S/C18H27ClN2O/c1-12-5-4-6-17(13(12)2)21-18(22)11-20-14(3)15-7-9-16(19)10-8-15/h7-10,12-14,17,20H,4-6,11H2,1-3H3,(H,21,22)/t12-,13+,14-,17+/m0/s1. The summed E-state index contributed by atoms with van der Waals surface area (Å²) in [7, 11) is 0. The molecule has 2 N–H and O–H groups in total. The molecule has 22 heavy (non-hydrogen) atoms. The minimum Gasteiger partial charge on any atom is -0.352 e. The van der Waals surface area contributed by atoms with Gasteiger partial charge in [0.1, 0.15) is 0 Å². The molecule has 0 saturated heterocycles. The van der Waals surface area contributed by atoms with Crippen molar-refractivity contribution in [2.24, 2.45) is 11.8 Å². The molecule has 4 heteroatoms. The number of halogens is 1. The fourth-order valence-electron chi connectivity index (χ4n) is 3.16. The summed E-state index contributed by atoms with van der Waals surface area (Å²) >= 11 is 5.89. The van der Waals surface area contributed by atoms with Gasteiger partial charge in [-0.2, -0.15) is 0 Å². The fraction of sp³-hybridized carbons (Fsp3) is 0.611. The quantitative estimate of drug-likeness (QED) is 0.862. The average Bonchev–Trinajstić information content (AvgIpc) is 2.50. The number of hydrogen-bond acceptors (Lipinski definition) is 2. The molecule has 0 unspecified atom stereocenters. The first-order valence-electron chi connectivity index (χ1n) is 8.25. The Morgan fingerprint density at radius 2 is 1.95 bits per heavy atom. The van der Waals surface area contributed by atoms with Crippen molar-refractivity contribution in [1.29, 1.82) is 0 Å². The molecule has 0 spiro atoms. The zero-order valence-electron chi connectivity index (χ0n) is 13.7. The first-order valence-corrected chi connectivity index (χ1v) is 8.63. The van der Waals surface area contributed by atoms with E-state index in [0.29, 0.717) is 24.4 Å². The van der Waals surface area contributed by atoms with E-state index in [1.54, 1.807) is 0 Å². The predicted molar refractivity (Wildman–Crippen MR) is 92.0 cm³/mol. The van der Waals surface area contributed by atoms with Gasteiger partial charge in [0.2, 0.25) is 5.91 Å². The molecule has 0 heterocycles. The zero-order chi connectivity index (χ0) is 16.1. The van der Waals surface area contributed by atoms with E-state index in [1.807, 2.05) is 24.3 Å². The molecule has 0 bridgehead atoms. The Kier molecular flexibility index (Phi) is 6.27. The first kappa shape index (κ1) is 17.3. The Balaban J connectivity index is 1.78. The van der Waals surface area contributed by atoms with Crippen LogP contribution in [0.1, 0.15) is 51.6 Å². The number of hydrogen-bond donors (Lipinski definition) is 2. The zero-order valence-corrected chi connectivity index (χ0v) is 14.5. The molecule has 0 aliphatic heterocycles. The highest BCUT2D eigenvalue weighted by atomic mass is 35.5. The maximum absolute atomic E-state index is 12.2. The van der Waals surface area contributed by atoms with E-state index >= 15 is 0 Å². The first-order chi connectivity index (χ1) is 10.5. The minimum atomic E-state index is 0.0896. The van der Waals surface area contributed by atoms with Gasteiger partial charge in [-0.15, -0.1) is 0 Å². The molecule has 1 aliphatic rings. The predicted octanol–water partition coefficient (Wildman–Crippen LogP) is 3.93. The van der Waals surface area contributed by atoms with Crippen LogP contribution in [0.2, 0.25) is 5.02 Å². The van der Waals surface area contributed by atoms with Crippen LogP contribution in [0.4, 0.5) is 0 Å². The fourth-order valence-corrected chi connectivity index (χ4v) is 3.28. The summed E-state index contributed by atoms with van der Waals surface area (Å²) in [6.45, 7) is 6.94. The molecule has 1 amide bonds. The Labute approximate surface area is 138 Å². The van der Waals surface area contributed by atoms with Gasteiger partial charge < -0.3 is 10.6 Å². The van der Waals surface area contributed by atoms with Crippen LogP contribution < -0.4 is 10.6 Å². The van der Waals surface area contributed by atoms with E-state index in [4.69, 9.17) is 11.6 Å². The maximum atomic E-state index is 12.2. The molecular weight excluding hydrogens is 296 g/mol. The lowest BCUT2D eigenvalue weighted by Gasteiger charge is -2.34. The van der Waals surface area contributed by atoms with E-state index in [-0.39, 0.29) is 11.9 Å². The monoisotopic (exact) mass is 322 g/mol. The van der Waals surface area contributed by atoms with Gasteiger partial charge in [-0.3, -0.25) is 4.79 Å². The lowest BCUT2D eigenvalue weighted by molar-refractivity contribution is -0.121. The van der Waals surface area contributed by atoms with Crippen molar-refractivity contribution >= 4 is 17.5 Å². The van der Waals surface area contributed by atoms with Gasteiger partial charge >= 0.3 is 0 Å². The van der Waals surface area contributed by atoms with E-state index in [0.717, 1.165) is 17.0 Å². The smallest absolute Gasteiger partial charge is 0.234 e. The molecular formula is C18H27ClN2O. The second-order valence-corrected chi connectivity index (χ2v) is 7.03. The molecule has 4 atom stereocenters. The van der Waals surface area contributed by atoms with E-state index in [1.165, 1.54) is 12.8 Å². The molecule has 0 aromatic heterocycles. The van der Waals surface area contributed by atoms with E-state index in [9.17, 15) is 4.79 Å². The third-order valence-corrected chi connectivity index (χ3v) is 5.24. The SMILES string of the molecule is C[C@@H]1[C@@H](C)CCC[C@H]1NC(=O)CN[C@@H](C)c1ccc(Cl)cc1. The summed E-state index contributed by atoms with van der Waals surface area (Å²) < 4.78 is 0. The topological polar surface area (TPSA) is 41.1 Å². The van der Waals surface area contributed by atoms with Crippen LogP contribution in [0.3, 0.4) is 0 Å². The van der Waals surface area contributed by atoms with Crippen LogP contribution in [0.25, 0.3) is 0 Å². The lowest BCUT2D eigenvalue weighted by Crippen LogP contribution is -2.46. The minimum absolute atomic E-state index is 0.0896. The Morgan fingerprint density at radius 1 is 1.27 bits per heavy atom. The molecule has 3 nitrogen and oxygen atoms in total. The highest BCUT2D eigenvalue weighted by molar-refractivity contribution is 6.30. The van der Waals surface area contributed by atoms with Crippen molar-refractivity contribution in [2.75, 3.05) is 6.54 Å². The molecule has 1 aromatic rings. The Bertz CT molecular complexity index is 488. The number of rotatable bonds is 5. The second kappa shape index (κ2) is 7.98. The van der Waals surface area contributed by atoms with Crippen molar-refractivity contribution in [2.45, 2.75) is 52.1 Å². The molecule has 2 rings (SSSR count). The molecule has 0 radical (unpaired) electrons. The van der Waals surface area contributed by atoms with Crippen molar-refractivity contribution in [1.82, 2.24) is 10.6 Å². The van der Waals surface area contributed by atoms with Crippen LogP contribution in [-0.4, -0.2) is 18.5 Å². The van der Waals surface area contributed by atoms with Gasteiger partial charge in [0, 0.05) is 17.1 Å². The molecule has 1 aromatic carbocycles. The van der Waals surface area contributed by atoms with Crippen molar-refractivity contribution in [3.05, 3.63) is 34.9 Å². The van der Waals surface area contributed by atoms with Gasteiger partial charge in [0.15, 0.2) is 0 Å². The van der Waals surface area contributed by atoms with Gasteiger partial charge in [-0.1, -0.05) is 50.4 Å². The summed E-state index contributed by atoms with van der Waals surface area (Å²) in [6.07, 6.45) is 3.59. The normalized spacial score (nSPS) is 26.5. The molecule has 1 saturated carbocycles. The molecule has 1 aliphatic carbocycles. The van der Waals surface area contributed by atoms with Gasteiger partial charge in [-0.05, 0) is 42.9 Å².